The molecule has 0 radical (unpaired) electrons. The van der Waals surface area contributed by atoms with E-state index in [9.17, 15) is 4.79 Å². The number of rotatable bonds is 6. The predicted molar refractivity (Wildman–Crippen MR) is 75.3 cm³/mol. The van der Waals surface area contributed by atoms with Gasteiger partial charge in [-0.15, -0.1) is 0 Å². The summed E-state index contributed by atoms with van der Waals surface area (Å²) in [5, 5.41) is 7.99. The van der Waals surface area contributed by atoms with Crippen LogP contribution in [0.3, 0.4) is 0 Å². The summed E-state index contributed by atoms with van der Waals surface area (Å²) in [5.41, 5.74) is 0.750. The standard InChI is InChI=1S/C14H20N4O3/c1-5-20-14(19)11(6-9(2)3)13-16-12(17-21-13)10-7-15-18(4)8-10/h7-9,11H,5-6H2,1-4H3. The van der Waals surface area contributed by atoms with Crippen molar-refractivity contribution in [3.8, 4) is 11.4 Å². The second kappa shape index (κ2) is 6.51. The van der Waals surface area contributed by atoms with Crippen molar-refractivity contribution in [2.75, 3.05) is 6.61 Å². The lowest BCUT2D eigenvalue weighted by Gasteiger charge is -2.13. The molecule has 0 amide bonds. The van der Waals surface area contributed by atoms with Crippen LogP contribution in [0.5, 0.6) is 0 Å². The molecule has 7 heteroatoms. The lowest BCUT2D eigenvalue weighted by atomic mass is 9.97. The fourth-order valence-electron chi connectivity index (χ4n) is 2.04. The van der Waals surface area contributed by atoms with E-state index >= 15 is 0 Å². The molecule has 2 heterocycles. The van der Waals surface area contributed by atoms with E-state index in [-0.39, 0.29) is 5.97 Å². The average Bonchev–Trinajstić information content (AvgIpc) is 3.04. The number of carbonyl (C=O) groups is 1. The molecule has 0 saturated carbocycles. The molecule has 0 aliphatic heterocycles. The van der Waals surface area contributed by atoms with Gasteiger partial charge in [-0.05, 0) is 19.3 Å². The molecule has 0 spiro atoms. The normalized spacial score (nSPS) is 12.6. The highest BCUT2D eigenvalue weighted by Crippen LogP contribution is 2.26. The van der Waals surface area contributed by atoms with E-state index in [1.807, 2.05) is 20.9 Å². The highest BCUT2D eigenvalue weighted by molar-refractivity contribution is 5.77. The Labute approximate surface area is 123 Å². The number of aromatic nitrogens is 4. The molecule has 0 aromatic carbocycles. The van der Waals surface area contributed by atoms with Crippen LogP contribution in [-0.2, 0) is 16.6 Å². The molecular weight excluding hydrogens is 272 g/mol. The van der Waals surface area contributed by atoms with E-state index in [1.54, 1.807) is 24.0 Å². The van der Waals surface area contributed by atoms with E-state index in [2.05, 4.69) is 15.2 Å². The number of aryl methyl sites for hydroxylation is 1. The fraction of sp³-hybridized carbons (Fsp3) is 0.571. The van der Waals surface area contributed by atoms with E-state index < -0.39 is 5.92 Å². The summed E-state index contributed by atoms with van der Waals surface area (Å²) >= 11 is 0. The molecule has 7 nitrogen and oxygen atoms in total. The molecule has 0 bridgehead atoms. The first kappa shape index (κ1) is 15.2. The Balaban J connectivity index is 2.24. The predicted octanol–water partition coefficient (Wildman–Crippen LogP) is 2.16. The summed E-state index contributed by atoms with van der Waals surface area (Å²) < 4.78 is 12.0. The van der Waals surface area contributed by atoms with Crippen molar-refractivity contribution < 1.29 is 14.1 Å². The van der Waals surface area contributed by atoms with Crippen molar-refractivity contribution in [1.82, 2.24) is 19.9 Å². The van der Waals surface area contributed by atoms with Crippen LogP contribution in [0.2, 0.25) is 0 Å². The number of nitrogens with zero attached hydrogens (tertiary/aromatic N) is 4. The van der Waals surface area contributed by atoms with Crippen molar-refractivity contribution in [1.29, 1.82) is 0 Å². The van der Waals surface area contributed by atoms with Crippen LogP contribution < -0.4 is 0 Å². The molecule has 2 aromatic heterocycles. The topological polar surface area (TPSA) is 83.0 Å². The molecular formula is C14H20N4O3. The molecule has 21 heavy (non-hydrogen) atoms. The van der Waals surface area contributed by atoms with Crippen LogP contribution in [0.1, 0.15) is 39.0 Å². The minimum atomic E-state index is -0.525. The van der Waals surface area contributed by atoms with Crippen LogP contribution in [0.4, 0.5) is 0 Å². The minimum absolute atomic E-state index is 0.293. The number of carbonyl (C=O) groups excluding carboxylic acids is 1. The van der Waals surface area contributed by atoms with Crippen LogP contribution in [0.15, 0.2) is 16.9 Å². The molecule has 2 aromatic rings. The lowest BCUT2D eigenvalue weighted by molar-refractivity contribution is -0.146. The Morgan fingerprint density at radius 3 is 2.81 bits per heavy atom. The number of ether oxygens (including phenoxy) is 1. The van der Waals surface area contributed by atoms with Gasteiger partial charge in [0.25, 0.3) is 0 Å². The molecule has 0 N–H and O–H groups in total. The van der Waals surface area contributed by atoms with E-state index in [0.29, 0.717) is 30.7 Å². The van der Waals surface area contributed by atoms with Crippen molar-refractivity contribution in [2.24, 2.45) is 13.0 Å². The summed E-state index contributed by atoms with van der Waals surface area (Å²) in [4.78, 5) is 16.4. The fourth-order valence-corrected chi connectivity index (χ4v) is 2.04. The van der Waals surface area contributed by atoms with Gasteiger partial charge >= 0.3 is 5.97 Å². The first-order valence-corrected chi connectivity index (χ1v) is 7.00. The van der Waals surface area contributed by atoms with Gasteiger partial charge in [-0.2, -0.15) is 10.1 Å². The molecule has 0 fully saturated rings. The lowest BCUT2D eigenvalue weighted by Crippen LogP contribution is -2.18. The molecule has 0 aliphatic carbocycles. The number of hydrogen-bond donors (Lipinski definition) is 0. The zero-order valence-corrected chi connectivity index (χ0v) is 12.7. The molecule has 1 unspecified atom stereocenters. The van der Waals surface area contributed by atoms with Crippen LogP contribution in [-0.4, -0.2) is 32.5 Å². The Kier molecular flexibility index (Phi) is 4.72. The Morgan fingerprint density at radius 2 is 2.24 bits per heavy atom. The zero-order chi connectivity index (χ0) is 15.4. The van der Waals surface area contributed by atoms with Gasteiger partial charge in [0.1, 0.15) is 5.92 Å². The zero-order valence-electron chi connectivity index (χ0n) is 12.7. The van der Waals surface area contributed by atoms with Gasteiger partial charge in [0, 0.05) is 13.2 Å². The summed E-state index contributed by atoms with van der Waals surface area (Å²) in [5.74, 6) is 0.181. The van der Waals surface area contributed by atoms with Crippen molar-refractivity contribution in [3.05, 3.63) is 18.3 Å². The quantitative estimate of drug-likeness (QED) is 0.759. The third-order valence-electron chi connectivity index (χ3n) is 2.98. The third kappa shape index (κ3) is 3.68. The van der Waals surface area contributed by atoms with Crippen LogP contribution >= 0.6 is 0 Å². The van der Waals surface area contributed by atoms with Crippen molar-refractivity contribution in [2.45, 2.75) is 33.1 Å². The number of hydrogen-bond acceptors (Lipinski definition) is 6. The Hall–Kier alpha value is -2.18. The van der Waals surface area contributed by atoms with Crippen LogP contribution in [0, 0.1) is 5.92 Å². The summed E-state index contributed by atoms with van der Waals surface area (Å²) in [6, 6.07) is 0. The van der Waals surface area contributed by atoms with Gasteiger partial charge in [-0.25, -0.2) is 0 Å². The highest BCUT2D eigenvalue weighted by Gasteiger charge is 2.29. The van der Waals surface area contributed by atoms with Crippen LogP contribution in [0.25, 0.3) is 11.4 Å². The summed E-state index contributed by atoms with van der Waals surface area (Å²) in [6.45, 7) is 6.17. The van der Waals surface area contributed by atoms with Crippen molar-refractivity contribution >= 4 is 5.97 Å². The van der Waals surface area contributed by atoms with Gasteiger partial charge < -0.3 is 9.26 Å². The minimum Gasteiger partial charge on any atom is -0.465 e. The molecule has 0 aliphatic rings. The van der Waals surface area contributed by atoms with E-state index in [1.165, 1.54) is 0 Å². The largest absolute Gasteiger partial charge is 0.465 e. The maximum Gasteiger partial charge on any atom is 0.318 e. The van der Waals surface area contributed by atoms with Crippen molar-refractivity contribution in [3.63, 3.8) is 0 Å². The SMILES string of the molecule is CCOC(=O)C(CC(C)C)c1nc(-c2cnn(C)c2)no1. The Morgan fingerprint density at radius 1 is 1.48 bits per heavy atom. The first-order valence-electron chi connectivity index (χ1n) is 7.00. The second-order valence-corrected chi connectivity index (χ2v) is 5.29. The molecule has 2 rings (SSSR count). The molecule has 1 atom stereocenters. The first-order chi connectivity index (χ1) is 10.0. The second-order valence-electron chi connectivity index (χ2n) is 5.29. The van der Waals surface area contributed by atoms with Gasteiger partial charge in [0.15, 0.2) is 0 Å². The van der Waals surface area contributed by atoms with Gasteiger partial charge in [-0.1, -0.05) is 19.0 Å². The Bertz CT molecular complexity index is 603. The maximum absolute atomic E-state index is 12.1. The highest BCUT2D eigenvalue weighted by atomic mass is 16.5. The summed E-state index contributed by atoms with van der Waals surface area (Å²) in [7, 11) is 1.81. The number of esters is 1. The van der Waals surface area contributed by atoms with Gasteiger partial charge in [0.2, 0.25) is 11.7 Å². The van der Waals surface area contributed by atoms with E-state index in [4.69, 9.17) is 9.26 Å². The summed E-state index contributed by atoms with van der Waals surface area (Å²) in [6.07, 6.45) is 4.04. The molecule has 114 valence electrons. The van der Waals surface area contributed by atoms with E-state index in [0.717, 1.165) is 5.56 Å². The average molecular weight is 292 g/mol. The van der Waals surface area contributed by atoms with Gasteiger partial charge in [-0.3, -0.25) is 9.48 Å². The van der Waals surface area contributed by atoms with Gasteiger partial charge in [0.05, 0.1) is 18.4 Å². The smallest absolute Gasteiger partial charge is 0.318 e. The third-order valence-corrected chi connectivity index (χ3v) is 2.98. The maximum atomic E-state index is 12.1. The molecule has 0 saturated heterocycles. The monoisotopic (exact) mass is 292 g/mol.